The zero-order chi connectivity index (χ0) is 66.3. The largest absolute Gasteiger partial charge is 0.464 e. The standard InChI is InChI=1S/C68H102N8O14/c1-14-15-34-87-63(81)74-58(67(7,8)9)61(79)75-76(44-50-29-31-51(32-30-50)53-28-22-23-33-69-53)45-52(46-89-62(80)56(43-49-26-20-17-21-27-49)71-59(77)55(41-47(2)3)72-65(83)90-68(10,11)12)54(42-48-24-18-16-19-25-48)70-60(78)57(66(4,5)6)73-64(82)88-40-39-86-38-37-85-36-35-84-13/h16-22,24-32,47,52,54-58H,14-15,23,33-46H2,1-13H3,(H,70,78)(H,71,77)(H,72,83)(H,73,82)(H,74,81)(H,75,79). The summed E-state index contributed by atoms with van der Waals surface area (Å²) in [6.45, 7) is 23.5. The van der Waals surface area contributed by atoms with Crippen molar-refractivity contribution in [3.05, 3.63) is 119 Å². The van der Waals surface area contributed by atoms with Crippen LogP contribution in [0, 0.1) is 22.7 Å². The Hall–Kier alpha value is -7.40. The minimum atomic E-state index is -1.30. The molecule has 6 amide bonds. The van der Waals surface area contributed by atoms with Crippen molar-refractivity contribution < 1.29 is 66.7 Å². The van der Waals surface area contributed by atoms with E-state index in [1.54, 1.807) is 53.7 Å². The van der Waals surface area contributed by atoms with E-state index in [9.17, 15) is 24.0 Å². The number of carbonyl (C=O) groups excluding carboxylic acids is 7. The molecule has 22 nitrogen and oxygen atoms in total. The van der Waals surface area contributed by atoms with Crippen LogP contribution in [0.2, 0.25) is 0 Å². The second kappa shape index (κ2) is 38.3. The predicted octanol–water partition coefficient (Wildman–Crippen LogP) is 8.58. The van der Waals surface area contributed by atoms with Gasteiger partial charge in [-0.25, -0.2) is 24.2 Å². The number of esters is 1. The van der Waals surface area contributed by atoms with Gasteiger partial charge in [0.2, 0.25) is 11.8 Å². The molecule has 1 aliphatic heterocycles. The second-order valence-corrected chi connectivity index (χ2v) is 26.0. The van der Waals surface area contributed by atoms with Gasteiger partial charge in [0.05, 0.1) is 52.0 Å². The van der Waals surface area contributed by atoms with Gasteiger partial charge in [-0.3, -0.25) is 24.8 Å². The van der Waals surface area contributed by atoms with Crippen LogP contribution in [-0.4, -0.2) is 162 Å². The van der Waals surface area contributed by atoms with Crippen LogP contribution in [0.1, 0.15) is 131 Å². The Labute approximate surface area is 533 Å². The third-order valence-corrected chi connectivity index (χ3v) is 14.2. The van der Waals surface area contributed by atoms with Crippen molar-refractivity contribution in [1.29, 1.82) is 0 Å². The molecule has 6 atom stereocenters. The molecule has 0 fully saturated rings. The minimum Gasteiger partial charge on any atom is -0.464 e. The number of rotatable bonds is 36. The molecule has 0 saturated heterocycles. The average Bonchev–Trinajstić information content (AvgIpc) is 1.11. The van der Waals surface area contributed by atoms with Gasteiger partial charge >= 0.3 is 24.2 Å². The minimum absolute atomic E-state index is 0.00594. The Morgan fingerprint density at radius 3 is 1.70 bits per heavy atom. The van der Waals surface area contributed by atoms with Crippen LogP contribution >= 0.6 is 0 Å². The van der Waals surface area contributed by atoms with Gasteiger partial charge in [0.1, 0.15) is 36.4 Å². The van der Waals surface area contributed by atoms with Crippen molar-refractivity contribution in [2.75, 3.05) is 73.1 Å². The number of allylic oxidation sites excluding steroid dienone is 1. The summed E-state index contributed by atoms with van der Waals surface area (Å²) in [5.74, 6) is -3.60. The van der Waals surface area contributed by atoms with Crippen LogP contribution in [0.25, 0.3) is 0 Å². The Kier molecular flexibility index (Phi) is 32.0. The molecule has 6 N–H and O–H groups in total. The summed E-state index contributed by atoms with van der Waals surface area (Å²) in [5, 5.41) is 16.0. The lowest BCUT2D eigenvalue weighted by molar-refractivity contribution is -0.150. The van der Waals surface area contributed by atoms with E-state index in [1.807, 2.05) is 133 Å². The molecular weight excluding hydrogens is 1150 g/mol. The van der Waals surface area contributed by atoms with Gasteiger partial charge < -0.3 is 59.7 Å². The number of amides is 6. The maximum absolute atomic E-state index is 15.2. The van der Waals surface area contributed by atoms with Crippen LogP contribution < -0.4 is 32.0 Å². The number of hydrogen-bond acceptors (Lipinski definition) is 16. The molecule has 498 valence electrons. The van der Waals surface area contributed by atoms with Crippen molar-refractivity contribution in [3.8, 4) is 0 Å². The molecule has 0 bridgehead atoms. The fourth-order valence-corrected chi connectivity index (χ4v) is 9.51. The monoisotopic (exact) mass is 1250 g/mol. The summed E-state index contributed by atoms with van der Waals surface area (Å²) in [5.41, 5.74) is 4.48. The van der Waals surface area contributed by atoms with E-state index in [1.165, 1.54) is 0 Å². The molecule has 0 radical (unpaired) electrons. The smallest absolute Gasteiger partial charge is 0.408 e. The number of nitrogens with one attached hydrogen (secondary N) is 6. The van der Waals surface area contributed by atoms with Crippen molar-refractivity contribution >= 4 is 47.7 Å². The van der Waals surface area contributed by atoms with Gasteiger partial charge in [-0.05, 0) is 91.5 Å². The number of aliphatic imine (C=N–C) groups is 1. The summed E-state index contributed by atoms with van der Waals surface area (Å²) in [6, 6.07) is 20.5. The zero-order valence-electron chi connectivity index (χ0n) is 55.4. The van der Waals surface area contributed by atoms with E-state index in [4.69, 9.17) is 38.2 Å². The Balaban J connectivity index is 1.85. The highest BCUT2D eigenvalue weighted by Gasteiger charge is 2.39. The van der Waals surface area contributed by atoms with Crippen LogP contribution in [0.4, 0.5) is 14.4 Å². The van der Waals surface area contributed by atoms with Gasteiger partial charge in [-0.1, -0.05) is 160 Å². The maximum atomic E-state index is 15.2. The highest BCUT2D eigenvalue weighted by Crippen LogP contribution is 2.25. The highest BCUT2D eigenvalue weighted by molar-refractivity contribution is 6.09. The number of dihydropyridines is 1. The number of alkyl carbamates (subject to hydrolysis) is 3. The quantitative estimate of drug-likeness (QED) is 0.0138. The van der Waals surface area contributed by atoms with E-state index in [0.717, 1.165) is 35.2 Å². The summed E-state index contributed by atoms with van der Waals surface area (Å²) in [6.07, 6.45) is 4.25. The van der Waals surface area contributed by atoms with Crippen LogP contribution in [0.15, 0.2) is 102 Å². The molecule has 3 aromatic rings. The number of nitrogens with zero attached hydrogens (tertiary/aromatic N) is 2. The molecule has 1 heterocycles. The van der Waals surface area contributed by atoms with Crippen molar-refractivity contribution in [3.63, 3.8) is 0 Å². The first-order chi connectivity index (χ1) is 42.6. The summed E-state index contributed by atoms with van der Waals surface area (Å²) >= 11 is 0. The fourth-order valence-electron chi connectivity index (χ4n) is 9.51. The molecule has 0 aromatic heterocycles. The van der Waals surface area contributed by atoms with E-state index in [-0.39, 0.29) is 64.7 Å². The zero-order valence-corrected chi connectivity index (χ0v) is 55.4. The Morgan fingerprint density at radius 2 is 1.16 bits per heavy atom. The lowest BCUT2D eigenvalue weighted by atomic mass is 9.85. The van der Waals surface area contributed by atoms with Crippen molar-refractivity contribution in [1.82, 2.24) is 37.0 Å². The molecule has 4 rings (SSSR count). The van der Waals surface area contributed by atoms with Crippen LogP contribution in [0.5, 0.6) is 0 Å². The summed E-state index contributed by atoms with van der Waals surface area (Å²) in [4.78, 5) is 104. The number of hydrazine groups is 1. The van der Waals surface area contributed by atoms with E-state index < -0.39 is 101 Å². The van der Waals surface area contributed by atoms with Crippen molar-refractivity contribution in [2.24, 2.45) is 27.7 Å². The molecule has 1 aliphatic rings. The maximum Gasteiger partial charge on any atom is 0.408 e. The number of unbranched alkanes of at least 4 members (excludes halogenated alkanes) is 1. The first kappa shape index (κ1) is 75.1. The highest BCUT2D eigenvalue weighted by atomic mass is 16.6. The first-order valence-electron chi connectivity index (χ1n) is 31.4. The number of benzene rings is 3. The summed E-state index contributed by atoms with van der Waals surface area (Å²) in [7, 11) is 1.58. The second-order valence-electron chi connectivity index (χ2n) is 26.0. The van der Waals surface area contributed by atoms with Gasteiger partial charge in [-0.15, -0.1) is 0 Å². The number of ether oxygens (including phenoxy) is 7. The van der Waals surface area contributed by atoms with E-state index >= 15 is 9.59 Å². The van der Waals surface area contributed by atoms with Gasteiger partial charge in [0.25, 0.3) is 5.91 Å². The molecular formula is C68H102N8O14. The van der Waals surface area contributed by atoms with Crippen molar-refractivity contribution in [2.45, 2.75) is 164 Å². The van der Waals surface area contributed by atoms with Gasteiger partial charge in [0.15, 0.2) is 0 Å². The lowest BCUT2D eigenvalue weighted by Gasteiger charge is -2.37. The molecule has 22 heteroatoms. The van der Waals surface area contributed by atoms with E-state index in [2.05, 4.69) is 38.1 Å². The fraction of sp³-hybridized carbons (Fsp3) is 0.588. The average molecular weight is 1260 g/mol. The van der Waals surface area contributed by atoms with Gasteiger partial charge in [-0.2, -0.15) is 0 Å². The number of methoxy groups -OCH3 is 1. The van der Waals surface area contributed by atoms with Crippen LogP contribution in [-0.2, 0) is 71.7 Å². The molecule has 0 saturated carbocycles. The summed E-state index contributed by atoms with van der Waals surface area (Å²) < 4.78 is 38.9. The lowest BCUT2D eigenvalue weighted by Crippen LogP contribution is -2.60. The van der Waals surface area contributed by atoms with Gasteiger partial charge in [0, 0.05) is 45.1 Å². The normalized spacial score (nSPS) is 14.6. The first-order valence-corrected chi connectivity index (χ1v) is 31.4. The molecule has 0 aliphatic carbocycles. The van der Waals surface area contributed by atoms with Crippen LogP contribution in [0.3, 0.4) is 0 Å². The molecule has 3 aromatic carbocycles. The number of carbonyl (C=O) groups is 7. The molecule has 6 unspecified atom stereocenters. The Bertz CT molecular complexity index is 2740. The third-order valence-electron chi connectivity index (χ3n) is 14.2. The van der Waals surface area contributed by atoms with E-state index in [0.29, 0.717) is 38.3 Å². The molecule has 90 heavy (non-hydrogen) atoms. The molecule has 0 spiro atoms. The topological polar surface area (TPSA) is 272 Å². The SMILES string of the molecule is CCCCOC(=O)NC(C(=O)NN(Cc1ccc(C2=NCCC=C2)cc1)CC(COC(=O)C(Cc1ccccc1)NC(=O)C(CC(C)C)NC(=O)OC(C)(C)C)C(Cc1ccccc1)NC(=O)C(NC(=O)OCCOCCOCCOC)C(C)(C)C)C(C)(C)C. The third kappa shape index (κ3) is 29.0. The predicted molar refractivity (Wildman–Crippen MR) is 345 cm³/mol. The Morgan fingerprint density at radius 1 is 0.589 bits per heavy atom. The number of hydrogen-bond donors (Lipinski definition) is 6.